The maximum Gasteiger partial charge on any atom is 0.338 e. The van der Waals surface area contributed by atoms with E-state index in [1.54, 1.807) is 44.1 Å². The fourth-order valence-electron chi connectivity index (χ4n) is 2.36. The number of ether oxygens (including phenoxy) is 2. The van der Waals surface area contributed by atoms with Gasteiger partial charge in [-0.1, -0.05) is 18.2 Å². The molecule has 0 unspecified atom stereocenters. The molecular formula is C20H23NO4S. The van der Waals surface area contributed by atoms with Crippen LogP contribution in [0.3, 0.4) is 0 Å². The van der Waals surface area contributed by atoms with Crippen molar-refractivity contribution in [3.8, 4) is 5.75 Å². The summed E-state index contributed by atoms with van der Waals surface area (Å²) >= 11 is 1.67. The summed E-state index contributed by atoms with van der Waals surface area (Å²) in [5.41, 5.74) is 2.30. The van der Waals surface area contributed by atoms with E-state index >= 15 is 0 Å². The highest BCUT2D eigenvalue weighted by atomic mass is 32.2. The van der Waals surface area contributed by atoms with Crippen molar-refractivity contribution in [3.63, 3.8) is 0 Å². The molecule has 5 nitrogen and oxygen atoms in total. The summed E-state index contributed by atoms with van der Waals surface area (Å²) in [6.07, 6.45) is 2.02. The summed E-state index contributed by atoms with van der Waals surface area (Å²) in [7, 11) is 3.23. The van der Waals surface area contributed by atoms with Crippen molar-refractivity contribution in [2.45, 2.75) is 18.4 Å². The fourth-order valence-corrected chi connectivity index (χ4v) is 2.77. The van der Waals surface area contributed by atoms with Crippen molar-refractivity contribution in [2.24, 2.45) is 0 Å². The first kappa shape index (κ1) is 19.8. The van der Waals surface area contributed by atoms with E-state index in [0.29, 0.717) is 17.9 Å². The summed E-state index contributed by atoms with van der Waals surface area (Å²) in [6.45, 7) is 2.05. The number of benzene rings is 2. The molecule has 0 atom stereocenters. The van der Waals surface area contributed by atoms with E-state index in [-0.39, 0.29) is 12.5 Å². The number of esters is 1. The molecule has 1 amide bonds. The number of hydrogen-bond acceptors (Lipinski definition) is 5. The van der Waals surface area contributed by atoms with Crippen LogP contribution in [0.1, 0.15) is 21.5 Å². The third-order valence-corrected chi connectivity index (χ3v) is 4.72. The lowest BCUT2D eigenvalue weighted by atomic mass is 10.1. The Balaban J connectivity index is 1.89. The Labute approximate surface area is 158 Å². The summed E-state index contributed by atoms with van der Waals surface area (Å²) in [6, 6.07) is 13.1. The van der Waals surface area contributed by atoms with Crippen LogP contribution in [0, 0.1) is 6.92 Å². The number of carbonyl (C=O) groups excluding carboxylic acids is 2. The predicted molar refractivity (Wildman–Crippen MR) is 103 cm³/mol. The number of aryl methyl sites for hydroxylation is 1. The average molecular weight is 373 g/mol. The van der Waals surface area contributed by atoms with Crippen LogP contribution in [0.5, 0.6) is 5.75 Å². The minimum absolute atomic E-state index is 0.258. The van der Waals surface area contributed by atoms with Crippen molar-refractivity contribution in [3.05, 3.63) is 59.2 Å². The molecule has 0 heterocycles. The van der Waals surface area contributed by atoms with Gasteiger partial charge < -0.3 is 14.4 Å². The summed E-state index contributed by atoms with van der Waals surface area (Å²) in [4.78, 5) is 27.0. The predicted octanol–water partition coefficient (Wildman–Crippen LogP) is 3.54. The number of amides is 1. The maximum absolute atomic E-state index is 12.2. The molecular weight excluding hydrogens is 350 g/mol. The van der Waals surface area contributed by atoms with Crippen LogP contribution in [0.25, 0.3) is 0 Å². The first-order chi connectivity index (χ1) is 12.4. The van der Waals surface area contributed by atoms with Crippen LogP contribution in [-0.2, 0) is 16.1 Å². The zero-order chi connectivity index (χ0) is 19.1. The van der Waals surface area contributed by atoms with Crippen LogP contribution in [0.2, 0.25) is 0 Å². The molecule has 0 aliphatic heterocycles. The number of hydrogen-bond donors (Lipinski definition) is 0. The summed E-state index contributed by atoms with van der Waals surface area (Å²) in [5, 5.41) is 0. The van der Waals surface area contributed by atoms with Gasteiger partial charge in [0.1, 0.15) is 5.75 Å². The first-order valence-corrected chi connectivity index (χ1v) is 9.35. The number of nitrogens with zero attached hydrogens (tertiary/aromatic N) is 1. The van der Waals surface area contributed by atoms with Crippen molar-refractivity contribution in [1.82, 2.24) is 4.90 Å². The molecule has 0 fully saturated rings. The molecule has 0 N–H and O–H groups in total. The Morgan fingerprint density at radius 2 is 1.81 bits per heavy atom. The Bertz CT molecular complexity index is 774. The molecule has 0 aliphatic rings. The van der Waals surface area contributed by atoms with Gasteiger partial charge in [-0.05, 0) is 48.6 Å². The van der Waals surface area contributed by atoms with Gasteiger partial charge in [-0.3, -0.25) is 4.79 Å². The van der Waals surface area contributed by atoms with E-state index < -0.39 is 5.97 Å². The molecule has 0 aromatic heterocycles. The van der Waals surface area contributed by atoms with E-state index in [2.05, 4.69) is 0 Å². The van der Waals surface area contributed by atoms with Gasteiger partial charge in [-0.15, -0.1) is 11.8 Å². The Morgan fingerprint density at radius 3 is 2.42 bits per heavy atom. The third-order valence-electron chi connectivity index (χ3n) is 3.98. The van der Waals surface area contributed by atoms with Crippen molar-refractivity contribution >= 4 is 23.6 Å². The average Bonchev–Trinajstić information content (AvgIpc) is 2.66. The molecule has 0 bridgehead atoms. The van der Waals surface area contributed by atoms with Gasteiger partial charge in [0, 0.05) is 18.5 Å². The lowest BCUT2D eigenvalue weighted by Gasteiger charge is -2.17. The monoisotopic (exact) mass is 373 g/mol. The zero-order valence-electron chi connectivity index (χ0n) is 15.4. The van der Waals surface area contributed by atoms with E-state index in [9.17, 15) is 9.59 Å². The molecule has 6 heteroatoms. The minimum atomic E-state index is -0.547. The number of methoxy groups -OCH3 is 1. The molecule has 138 valence electrons. The van der Waals surface area contributed by atoms with Gasteiger partial charge >= 0.3 is 5.97 Å². The van der Waals surface area contributed by atoms with Gasteiger partial charge in [0.15, 0.2) is 6.61 Å². The van der Waals surface area contributed by atoms with E-state index in [1.165, 1.54) is 9.80 Å². The first-order valence-electron chi connectivity index (χ1n) is 8.13. The smallest absolute Gasteiger partial charge is 0.338 e. The lowest BCUT2D eigenvalue weighted by molar-refractivity contribution is -0.133. The fraction of sp³-hybridized carbons (Fsp3) is 0.300. The molecule has 2 rings (SSSR count). The Hall–Kier alpha value is -2.47. The lowest BCUT2D eigenvalue weighted by Crippen LogP contribution is -2.30. The second kappa shape index (κ2) is 9.29. The molecule has 0 saturated carbocycles. The van der Waals surface area contributed by atoms with Crippen LogP contribution in [0.4, 0.5) is 0 Å². The molecule has 0 spiro atoms. The number of likely N-dealkylation sites (N-methyl/N-ethyl adjacent to an activating group) is 1. The highest BCUT2D eigenvalue weighted by Gasteiger charge is 2.15. The van der Waals surface area contributed by atoms with Crippen LogP contribution < -0.4 is 4.74 Å². The van der Waals surface area contributed by atoms with Crippen molar-refractivity contribution in [2.75, 3.05) is 27.0 Å². The molecule has 0 saturated heterocycles. The summed E-state index contributed by atoms with van der Waals surface area (Å²) in [5.74, 6) is -0.197. The van der Waals surface area contributed by atoms with Crippen LogP contribution >= 0.6 is 11.8 Å². The number of carbonyl (C=O) groups is 2. The van der Waals surface area contributed by atoms with Gasteiger partial charge in [0.25, 0.3) is 5.91 Å². The summed E-state index contributed by atoms with van der Waals surface area (Å²) < 4.78 is 10.3. The standard InChI is InChI=1S/C20H23NO4S/c1-14-5-8-16(11-18(14)24-3)20(23)25-13-19(22)21(2)12-15-6-9-17(26-4)10-7-15/h5-11H,12-13H2,1-4H3. The second-order valence-electron chi connectivity index (χ2n) is 5.86. The molecule has 26 heavy (non-hydrogen) atoms. The third kappa shape index (κ3) is 5.26. The van der Waals surface area contributed by atoms with Crippen molar-refractivity contribution < 1.29 is 19.1 Å². The van der Waals surface area contributed by atoms with Crippen LogP contribution in [-0.4, -0.2) is 43.8 Å². The Kier molecular flexibility index (Phi) is 7.09. The minimum Gasteiger partial charge on any atom is -0.496 e. The quantitative estimate of drug-likeness (QED) is 0.549. The molecule has 2 aromatic rings. The van der Waals surface area contributed by atoms with Crippen LogP contribution in [0.15, 0.2) is 47.4 Å². The second-order valence-corrected chi connectivity index (χ2v) is 6.74. The number of thioether (sulfide) groups is 1. The zero-order valence-corrected chi connectivity index (χ0v) is 16.3. The maximum atomic E-state index is 12.2. The van der Waals surface area contributed by atoms with E-state index in [4.69, 9.17) is 9.47 Å². The molecule has 2 aromatic carbocycles. The van der Waals surface area contributed by atoms with E-state index in [1.807, 2.05) is 37.4 Å². The normalized spacial score (nSPS) is 10.3. The van der Waals surface area contributed by atoms with E-state index in [0.717, 1.165) is 11.1 Å². The number of rotatable bonds is 7. The topological polar surface area (TPSA) is 55.8 Å². The highest BCUT2D eigenvalue weighted by molar-refractivity contribution is 7.98. The molecule has 0 aliphatic carbocycles. The van der Waals surface area contributed by atoms with Crippen molar-refractivity contribution in [1.29, 1.82) is 0 Å². The highest BCUT2D eigenvalue weighted by Crippen LogP contribution is 2.19. The van der Waals surface area contributed by atoms with Gasteiger partial charge in [-0.2, -0.15) is 0 Å². The van der Waals surface area contributed by atoms with Gasteiger partial charge in [0.05, 0.1) is 12.7 Å². The largest absolute Gasteiger partial charge is 0.496 e. The van der Waals surface area contributed by atoms with Gasteiger partial charge in [-0.25, -0.2) is 4.79 Å². The Morgan fingerprint density at radius 1 is 1.12 bits per heavy atom. The molecule has 0 radical (unpaired) electrons. The van der Waals surface area contributed by atoms with Gasteiger partial charge in [0.2, 0.25) is 0 Å². The SMILES string of the molecule is COc1cc(C(=O)OCC(=O)N(C)Cc2ccc(SC)cc2)ccc1C.